The number of unbranched alkanes of at least 4 members (excludes halogenated alkanes) is 20. The Morgan fingerprint density at radius 3 is 1.48 bits per heavy atom. The molecule has 0 aromatic heterocycles. The van der Waals surface area contributed by atoms with E-state index < -0.39 is 43.4 Å². The summed E-state index contributed by atoms with van der Waals surface area (Å²) in [6, 6.07) is 0. The van der Waals surface area contributed by atoms with Crippen molar-refractivity contribution in [2.75, 3.05) is 26.4 Å². The lowest BCUT2D eigenvalue weighted by Crippen LogP contribution is -2.59. The molecule has 0 amide bonds. The van der Waals surface area contributed by atoms with Gasteiger partial charge in [0.1, 0.15) is 30.5 Å². The molecule has 9 heteroatoms. The highest BCUT2D eigenvalue weighted by atomic mass is 16.7. The summed E-state index contributed by atoms with van der Waals surface area (Å²) in [5, 5.41) is 40.2. The summed E-state index contributed by atoms with van der Waals surface area (Å²) in [6.45, 7) is 4.42. The Morgan fingerprint density at radius 2 is 0.968 bits per heavy atom. The van der Waals surface area contributed by atoms with Crippen molar-refractivity contribution in [3.05, 3.63) is 72.9 Å². The minimum atomic E-state index is -1.54. The summed E-state index contributed by atoms with van der Waals surface area (Å²) in [5.74, 6) is -0.334. The predicted octanol–water partition coefficient (Wildman–Crippen LogP) is 12.4. The van der Waals surface area contributed by atoms with Crippen LogP contribution >= 0.6 is 0 Å². The Hall–Kier alpha value is -2.37. The third-order valence-electron chi connectivity index (χ3n) is 11.4. The van der Waals surface area contributed by atoms with Gasteiger partial charge in [0, 0.05) is 13.0 Å². The van der Waals surface area contributed by atoms with Crippen molar-refractivity contribution in [2.24, 2.45) is 0 Å². The van der Waals surface area contributed by atoms with Crippen molar-refractivity contribution in [1.82, 2.24) is 0 Å². The van der Waals surface area contributed by atoms with Gasteiger partial charge in [0.25, 0.3) is 0 Å². The minimum Gasteiger partial charge on any atom is -0.457 e. The van der Waals surface area contributed by atoms with Crippen molar-refractivity contribution in [3.8, 4) is 0 Å². The van der Waals surface area contributed by atoms with Crippen molar-refractivity contribution in [2.45, 2.75) is 237 Å². The summed E-state index contributed by atoms with van der Waals surface area (Å²) in [7, 11) is 0. The quantitative estimate of drug-likeness (QED) is 0.0268. The van der Waals surface area contributed by atoms with E-state index in [-0.39, 0.29) is 19.2 Å². The number of aliphatic hydroxyl groups is 4. The number of ether oxygens (including phenoxy) is 4. The molecule has 1 rings (SSSR count). The van der Waals surface area contributed by atoms with E-state index in [0.29, 0.717) is 13.0 Å². The van der Waals surface area contributed by atoms with Gasteiger partial charge in [-0.05, 0) is 83.5 Å². The Balaban J connectivity index is 2.24. The monoisotopic (exact) mass is 887 g/mol. The van der Waals surface area contributed by atoms with Gasteiger partial charge in [-0.25, -0.2) is 0 Å². The van der Waals surface area contributed by atoms with Crippen LogP contribution in [0.25, 0.3) is 0 Å². The second-order valence-corrected chi connectivity index (χ2v) is 17.2. The van der Waals surface area contributed by atoms with Crippen LogP contribution in [0.15, 0.2) is 72.9 Å². The van der Waals surface area contributed by atoms with E-state index in [1.54, 1.807) is 0 Å². The molecule has 63 heavy (non-hydrogen) atoms. The van der Waals surface area contributed by atoms with Crippen LogP contribution < -0.4 is 0 Å². The van der Waals surface area contributed by atoms with Gasteiger partial charge in [0.2, 0.25) is 0 Å². The fourth-order valence-electron chi connectivity index (χ4n) is 7.40. The van der Waals surface area contributed by atoms with Crippen LogP contribution in [0, 0.1) is 0 Å². The maximum atomic E-state index is 12.8. The zero-order chi connectivity index (χ0) is 45.7. The molecule has 364 valence electrons. The first-order valence-electron chi connectivity index (χ1n) is 25.5. The first kappa shape index (κ1) is 58.6. The van der Waals surface area contributed by atoms with Crippen molar-refractivity contribution in [1.29, 1.82) is 0 Å². The third kappa shape index (κ3) is 35.6. The topological polar surface area (TPSA) is 135 Å². The van der Waals surface area contributed by atoms with E-state index in [4.69, 9.17) is 18.9 Å². The molecule has 6 unspecified atom stereocenters. The second-order valence-electron chi connectivity index (χ2n) is 17.2. The number of rotatable bonds is 43. The summed E-state index contributed by atoms with van der Waals surface area (Å²) in [5.41, 5.74) is 0. The van der Waals surface area contributed by atoms with Crippen molar-refractivity contribution >= 4 is 5.97 Å². The normalized spacial score (nSPS) is 20.3. The third-order valence-corrected chi connectivity index (χ3v) is 11.4. The number of aliphatic hydroxyl groups excluding tert-OH is 4. The van der Waals surface area contributed by atoms with Crippen LogP contribution in [0.3, 0.4) is 0 Å². The van der Waals surface area contributed by atoms with Gasteiger partial charge in [-0.3, -0.25) is 4.79 Å². The van der Waals surface area contributed by atoms with E-state index in [2.05, 4.69) is 86.8 Å². The van der Waals surface area contributed by atoms with Gasteiger partial charge in [0.05, 0.1) is 19.8 Å². The zero-order valence-corrected chi connectivity index (χ0v) is 40.1. The molecule has 0 bridgehead atoms. The minimum absolute atomic E-state index is 0.126. The number of carbonyl (C=O) groups excluding carboxylic acids is 1. The lowest BCUT2D eigenvalue weighted by molar-refractivity contribution is -0.305. The van der Waals surface area contributed by atoms with Gasteiger partial charge in [-0.2, -0.15) is 0 Å². The number of carbonyl (C=O) groups is 1. The highest BCUT2D eigenvalue weighted by Crippen LogP contribution is 2.22. The van der Waals surface area contributed by atoms with E-state index >= 15 is 0 Å². The molecule has 1 aliphatic rings. The Kier molecular flexibility index (Phi) is 41.7. The summed E-state index contributed by atoms with van der Waals surface area (Å²) in [6.07, 6.45) is 52.1. The van der Waals surface area contributed by atoms with E-state index in [0.717, 1.165) is 83.5 Å². The van der Waals surface area contributed by atoms with Gasteiger partial charge >= 0.3 is 5.97 Å². The average Bonchev–Trinajstić information content (AvgIpc) is 3.28. The molecule has 0 radical (unpaired) electrons. The highest BCUT2D eigenvalue weighted by molar-refractivity contribution is 5.69. The average molecular weight is 887 g/mol. The molecule has 0 aliphatic carbocycles. The van der Waals surface area contributed by atoms with Crippen molar-refractivity contribution < 1.29 is 44.2 Å². The summed E-state index contributed by atoms with van der Waals surface area (Å²) < 4.78 is 22.9. The molecule has 0 aromatic rings. The highest BCUT2D eigenvalue weighted by Gasteiger charge is 2.44. The number of esters is 1. The molecule has 0 spiro atoms. The first-order valence-corrected chi connectivity index (χ1v) is 25.5. The molecule has 1 heterocycles. The fourth-order valence-corrected chi connectivity index (χ4v) is 7.40. The van der Waals surface area contributed by atoms with Crippen LogP contribution in [0.5, 0.6) is 0 Å². The molecule has 0 saturated carbocycles. The molecule has 0 aromatic carbocycles. The standard InChI is InChI=1S/C54H94O9/c1-3-5-7-9-11-13-15-17-19-21-23-24-25-27-29-31-33-35-37-39-41-43-50(56)62-48(47-61-54-53(59)52(58)51(57)49(45-55)63-54)46-60-44-42-40-38-36-34-32-30-28-26-22-20-18-16-14-12-10-8-6-4-2/h5,7,11,13,17,19-20,22-24,27,29,48-49,51-55,57-59H,3-4,6,8-10,12,14-16,18,21,25-26,28,30-47H2,1-2H3/b7-5-,13-11-,19-17-,22-20-,24-23-,29-27-. The lowest BCUT2D eigenvalue weighted by Gasteiger charge is -2.39. The Labute approximate surface area is 385 Å². The Bertz CT molecular complexity index is 1190. The fraction of sp³-hybridized carbons (Fsp3) is 0.759. The van der Waals surface area contributed by atoms with Crippen LogP contribution in [0.4, 0.5) is 0 Å². The van der Waals surface area contributed by atoms with Crippen molar-refractivity contribution in [3.63, 3.8) is 0 Å². The molecule has 9 nitrogen and oxygen atoms in total. The van der Waals surface area contributed by atoms with Crippen LogP contribution in [0.2, 0.25) is 0 Å². The van der Waals surface area contributed by atoms with Gasteiger partial charge in [0.15, 0.2) is 6.29 Å². The van der Waals surface area contributed by atoms with E-state index in [1.807, 2.05) is 0 Å². The Morgan fingerprint density at radius 1 is 0.524 bits per heavy atom. The number of hydrogen-bond donors (Lipinski definition) is 4. The van der Waals surface area contributed by atoms with Crippen LogP contribution in [0.1, 0.15) is 200 Å². The van der Waals surface area contributed by atoms with Gasteiger partial charge in [-0.15, -0.1) is 0 Å². The molecular weight excluding hydrogens is 793 g/mol. The summed E-state index contributed by atoms with van der Waals surface area (Å²) >= 11 is 0. The maximum Gasteiger partial charge on any atom is 0.306 e. The molecule has 1 saturated heterocycles. The van der Waals surface area contributed by atoms with Crippen LogP contribution in [-0.2, 0) is 23.7 Å². The smallest absolute Gasteiger partial charge is 0.306 e. The number of hydrogen-bond acceptors (Lipinski definition) is 9. The van der Waals surface area contributed by atoms with Gasteiger partial charge in [-0.1, -0.05) is 183 Å². The lowest BCUT2D eigenvalue weighted by atomic mass is 9.99. The molecular formula is C54H94O9. The second kappa shape index (κ2) is 44.8. The molecule has 1 aliphatic heterocycles. The molecule has 4 N–H and O–H groups in total. The molecule has 1 fully saturated rings. The summed E-state index contributed by atoms with van der Waals surface area (Å²) in [4.78, 5) is 12.8. The zero-order valence-electron chi connectivity index (χ0n) is 40.1. The maximum absolute atomic E-state index is 12.8. The first-order chi connectivity index (χ1) is 30.9. The SMILES string of the molecule is CC/C=C\C/C=C\C/C=C\C/C=C\C/C=C\CCCCCCCC(=O)OC(COCCCCCCCCCC/C=C\CCCCCCCCC)COC1OC(CO)C(O)C(O)C1O. The van der Waals surface area contributed by atoms with E-state index in [9.17, 15) is 25.2 Å². The van der Waals surface area contributed by atoms with E-state index in [1.165, 1.54) is 96.3 Å². The van der Waals surface area contributed by atoms with Gasteiger partial charge < -0.3 is 39.4 Å². The molecule has 6 atom stereocenters. The predicted molar refractivity (Wildman–Crippen MR) is 260 cm³/mol. The van der Waals surface area contributed by atoms with Crippen LogP contribution in [-0.4, -0.2) is 89.6 Å². The largest absolute Gasteiger partial charge is 0.457 e. The number of allylic oxidation sites excluding steroid dienone is 12.